The number of piperidine rings is 2. The molecule has 2 fully saturated rings. The van der Waals surface area contributed by atoms with Gasteiger partial charge in [0, 0.05) is 26.2 Å². The molecular formula is C24H31N3O4S. The second-order valence-electron chi connectivity index (χ2n) is 8.92. The Morgan fingerprint density at radius 3 is 2.53 bits per heavy atom. The number of sulfonamides is 1. The van der Waals surface area contributed by atoms with Gasteiger partial charge in [0.15, 0.2) is 10.7 Å². The van der Waals surface area contributed by atoms with E-state index in [1.54, 1.807) is 19.1 Å². The van der Waals surface area contributed by atoms with Crippen LogP contribution >= 0.6 is 0 Å². The van der Waals surface area contributed by atoms with Crippen LogP contribution in [0.2, 0.25) is 0 Å². The van der Waals surface area contributed by atoms with E-state index in [4.69, 9.17) is 4.52 Å². The Labute approximate surface area is 190 Å². The minimum absolute atomic E-state index is 0.0861. The van der Waals surface area contributed by atoms with Crippen molar-refractivity contribution in [2.75, 3.05) is 26.2 Å². The molecule has 0 spiro atoms. The average molecular weight is 458 g/mol. The molecule has 2 saturated heterocycles. The molecule has 4 rings (SSSR count). The minimum Gasteiger partial charge on any atom is -0.355 e. The number of benzene rings is 1. The summed E-state index contributed by atoms with van der Waals surface area (Å²) in [4.78, 5) is 15.1. The highest BCUT2D eigenvalue weighted by Gasteiger charge is 2.38. The third kappa shape index (κ3) is 4.81. The molecule has 2 aromatic rings. The van der Waals surface area contributed by atoms with Crippen LogP contribution in [0.25, 0.3) is 12.2 Å². The van der Waals surface area contributed by atoms with E-state index in [9.17, 15) is 13.2 Å². The Balaban J connectivity index is 1.53. The first-order chi connectivity index (χ1) is 15.4. The third-order valence-electron chi connectivity index (χ3n) is 6.49. The second kappa shape index (κ2) is 9.58. The zero-order valence-electron chi connectivity index (χ0n) is 18.7. The van der Waals surface area contributed by atoms with Gasteiger partial charge in [0.1, 0.15) is 5.69 Å². The van der Waals surface area contributed by atoms with Crippen molar-refractivity contribution in [3.05, 3.63) is 47.3 Å². The van der Waals surface area contributed by atoms with Crippen LogP contribution in [-0.4, -0.2) is 54.9 Å². The Morgan fingerprint density at radius 1 is 1.09 bits per heavy atom. The fourth-order valence-electron chi connectivity index (χ4n) is 4.51. The van der Waals surface area contributed by atoms with Crippen LogP contribution in [-0.2, 0) is 14.8 Å². The van der Waals surface area contributed by atoms with Crippen molar-refractivity contribution in [1.29, 1.82) is 0 Å². The minimum atomic E-state index is -3.84. The van der Waals surface area contributed by atoms with Crippen LogP contribution in [0, 0.1) is 18.8 Å². The number of aryl methyl sites for hydroxylation is 1. The summed E-state index contributed by atoms with van der Waals surface area (Å²) in [6, 6.07) is 9.60. The quantitative estimate of drug-likeness (QED) is 0.682. The van der Waals surface area contributed by atoms with Gasteiger partial charge in [-0.15, -0.1) is 0 Å². The summed E-state index contributed by atoms with van der Waals surface area (Å²) in [5, 5.41) is 3.92. The predicted octanol–water partition coefficient (Wildman–Crippen LogP) is 3.81. The monoisotopic (exact) mass is 457 g/mol. The standard InChI is InChI=1S/C24H31N3O4S/c1-18-12-15-26(16-13-18)24(28)21-9-6-14-27(17-21)32(29,30)23-19(2)25-31-22(23)11-10-20-7-4-3-5-8-20/h3-5,7-8,10-11,18,21H,6,9,12-17H2,1-2H3. The molecule has 7 nitrogen and oxygen atoms in total. The van der Waals surface area contributed by atoms with Crippen molar-refractivity contribution in [2.24, 2.45) is 11.8 Å². The first kappa shape index (κ1) is 22.7. The highest BCUT2D eigenvalue weighted by atomic mass is 32.2. The Kier molecular flexibility index (Phi) is 6.81. The van der Waals surface area contributed by atoms with Crippen LogP contribution in [0.15, 0.2) is 39.8 Å². The van der Waals surface area contributed by atoms with Crippen molar-refractivity contribution in [1.82, 2.24) is 14.4 Å². The van der Waals surface area contributed by atoms with Crippen molar-refractivity contribution >= 4 is 28.1 Å². The number of carbonyl (C=O) groups excluding carboxylic acids is 1. The van der Waals surface area contributed by atoms with Gasteiger partial charge >= 0.3 is 0 Å². The van der Waals surface area contributed by atoms with Gasteiger partial charge < -0.3 is 9.42 Å². The van der Waals surface area contributed by atoms with Gasteiger partial charge in [-0.05, 0) is 50.2 Å². The van der Waals surface area contributed by atoms with Gasteiger partial charge in [-0.25, -0.2) is 8.42 Å². The number of hydrogen-bond donors (Lipinski definition) is 0. The van der Waals surface area contributed by atoms with E-state index in [0.717, 1.165) is 37.9 Å². The number of carbonyl (C=O) groups is 1. The molecule has 1 aromatic heterocycles. The van der Waals surface area contributed by atoms with E-state index >= 15 is 0 Å². The molecule has 1 atom stereocenters. The lowest BCUT2D eigenvalue weighted by molar-refractivity contribution is -0.138. The van der Waals surface area contributed by atoms with Crippen LogP contribution in [0.1, 0.15) is 49.6 Å². The molecule has 1 aromatic carbocycles. The molecular weight excluding hydrogens is 426 g/mol. The van der Waals surface area contributed by atoms with E-state index < -0.39 is 10.0 Å². The zero-order valence-corrected chi connectivity index (χ0v) is 19.6. The van der Waals surface area contributed by atoms with E-state index in [-0.39, 0.29) is 29.0 Å². The number of aromatic nitrogens is 1. The zero-order chi connectivity index (χ0) is 22.7. The molecule has 3 heterocycles. The first-order valence-electron chi connectivity index (χ1n) is 11.3. The number of amides is 1. The molecule has 2 aliphatic rings. The highest BCUT2D eigenvalue weighted by Crippen LogP contribution is 2.30. The SMILES string of the molecule is Cc1noc(C=Cc2ccccc2)c1S(=O)(=O)N1CCCC(C(=O)N2CCC(C)CC2)C1. The lowest BCUT2D eigenvalue weighted by Gasteiger charge is -2.36. The fraction of sp³-hybridized carbons (Fsp3) is 0.500. The maximum absolute atomic E-state index is 13.6. The summed E-state index contributed by atoms with van der Waals surface area (Å²) in [7, 11) is -3.84. The summed E-state index contributed by atoms with van der Waals surface area (Å²) < 4.78 is 33.9. The van der Waals surface area contributed by atoms with Gasteiger partial charge in [0.05, 0.1) is 5.92 Å². The Bertz CT molecular complexity index is 1070. The molecule has 0 radical (unpaired) electrons. The largest absolute Gasteiger partial charge is 0.355 e. The summed E-state index contributed by atoms with van der Waals surface area (Å²) >= 11 is 0. The van der Waals surface area contributed by atoms with Crippen molar-refractivity contribution in [2.45, 2.75) is 44.4 Å². The summed E-state index contributed by atoms with van der Waals surface area (Å²) in [5.74, 6) is 0.643. The molecule has 172 valence electrons. The number of hydrogen-bond acceptors (Lipinski definition) is 5. The third-order valence-corrected chi connectivity index (χ3v) is 8.51. The van der Waals surface area contributed by atoms with Crippen LogP contribution in [0.5, 0.6) is 0 Å². The van der Waals surface area contributed by atoms with Gasteiger partial charge in [-0.3, -0.25) is 4.79 Å². The second-order valence-corrected chi connectivity index (χ2v) is 10.8. The maximum Gasteiger partial charge on any atom is 0.248 e. The van der Waals surface area contributed by atoms with Crippen LogP contribution in [0.4, 0.5) is 0 Å². The van der Waals surface area contributed by atoms with Gasteiger partial charge in [0.2, 0.25) is 15.9 Å². The average Bonchev–Trinajstić information content (AvgIpc) is 3.19. The molecule has 0 bridgehead atoms. The summed E-state index contributed by atoms with van der Waals surface area (Å²) in [6.07, 6.45) is 6.86. The lowest BCUT2D eigenvalue weighted by Crippen LogP contribution is -2.48. The molecule has 1 unspecified atom stereocenters. The maximum atomic E-state index is 13.6. The number of rotatable bonds is 5. The van der Waals surface area contributed by atoms with Crippen molar-refractivity contribution < 1.29 is 17.7 Å². The first-order valence-corrected chi connectivity index (χ1v) is 12.8. The summed E-state index contributed by atoms with van der Waals surface area (Å²) in [6.45, 7) is 5.99. The lowest BCUT2D eigenvalue weighted by atomic mass is 9.94. The molecule has 8 heteroatoms. The fourth-order valence-corrected chi connectivity index (χ4v) is 6.29. The molecule has 0 N–H and O–H groups in total. The summed E-state index contributed by atoms with van der Waals surface area (Å²) in [5.41, 5.74) is 1.26. The molecule has 32 heavy (non-hydrogen) atoms. The van der Waals surface area contributed by atoms with E-state index in [1.807, 2.05) is 35.2 Å². The van der Waals surface area contributed by atoms with Gasteiger partial charge in [-0.2, -0.15) is 4.31 Å². The normalized spacial score (nSPS) is 21.3. The topological polar surface area (TPSA) is 83.7 Å². The van der Waals surface area contributed by atoms with E-state index in [2.05, 4.69) is 12.1 Å². The number of likely N-dealkylation sites (tertiary alicyclic amines) is 1. The van der Waals surface area contributed by atoms with Gasteiger partial charge in [0.25, 0.3) is 0 Å². The molecule has 2 aliphatic heterocycles. The van der Waals surface area contributed by atoms with Crippen molar-refractivity contribution in [3.63, 3.8) is 0 Å². The van der Waals surface area contributed by atoms with Gasteiger partial charge in [-0.1, -0.05) is 48.5 Å². The highest BCUT2D eigenvalue weighted by molar-refractivity contribution is 7.89. The van der Waals surface area contributed by atoms with E-state index in [1.165, 1.54) is 4.31 Å². The molecule has 1 amide bonds. The van der Waals surface area contributed by atoms with E-state index in [0.29, 0.717) is 24.6 Å². The Hall–Kier alpha value is -2.45. The Morgan fingerprint density at radius 2 is 1.81 bits per heavy atom. The van der Waals surface area contributed by atoms with Crippen LogP contribution in [0.3, 0.4) is 0 Å². The predicted molar refractivity (Wildman–Crippen MR) is 123 cm³/mol. The van der Waals surface area contributed by atoms with Crippen molar-refractivity contribution in [3.8, 4) is 0 Å². The smallest absolute Gasteiger partial charge is 0.248 e. The molecule has 0 aliphatic carbocycles. The number of nitrogens with zero attached hydrogens (tertiary/aromatic N) is 3. The van der Waals surface area contributed by atoms with Crippen LogP contribution < -0.4 is 0 Å². The molecule has 0 saturated carbocycles.